The van der Waals surface area contributed by atoms with E-state index in [0.717, 1.165) is 21.8 Å². The highest BCUT2D eigenvalue weighted by atomic mass is 32.1. The number of nitrogens with zero attached hydrogens (tertiary/aromatic N) is 4. The van der Waals surface area contributed by atoms with E-state index in [9.17, 15) is 9.59 Å². The number of nitrogens with one attached hydrogen (secondary N) is 1. The predicted octanol–water partition coefficient (Wildman–Crippen LogP) is 4.49. The van der Waals surface area contributed by atoms with Crippen LogP contribution in [0.2, 0.25) is 0 Å². The molecule has 1 atom stereocenters. The minimum atomic E-state index is -0.795. The number of carbonyl (C=O) groups excluding carboxylic acids is 1. The third kappa shape index (κ3) is 3.72. The first kappa shape index (κ1) is 19.9. The number of aromatic nitrogens is 4. The standard InChI is InChI=1S/C24H19N5O2S/c1-16(29-23(30)12-11-19(27-29)21-9-6-14-32-21)24(31)26-18-8-3-2-7-17(18)20-15-28-13-5-4-10-22(28)25-20/h2-16H,1H3,(H,26,31). The van der Waals surface area contributed by atoms with Gasteiger partial charge in [-0.1, -0.05) is 30.3 Å². The Morgan fingerprint density at radius 2 is 1.84 bits per heavy atom. The van der Waals surface area contributed by atoms with Gasteiger partial charge >= 0.3 is 0 Å². The average Bonchev–Trinajstić information content (AvgIpc) is 3.49. The molecule has 0 saturated carbocycles. The van der Waals surface area contributed by atoms with Crippen molar-refractivity contribution in [3.8, 4) is 21.8 Å². The van der Waals surface area contributed by atoms with Crippen LogP contribution in [0, 0.1) is 0 Å². The summed E-state index contributed by atoms with van der Waals surface area (Å²) in [6, 6.07) is 19.4. The molecule has 0 radical (unpaired) electrons. The van der Waals surface area contributed by atoms with Crippen LogP contribution in [0.3, 0.4) is 0 Å². The summed E-state index contributed by atoms with van der Waals surface area (Å²) in [6.45, 7) is 1.66. The molecule has 0 saturated heterocycles. The predicted molar refractivity (Wildman–Crippen MR) is 126 cm³/mol. The normalized spacial score (nSPS) is 12.0. The third-order valence-electron chi connectivity index (χ3n) is 5.17. The lowest BCUT2D eigenvalue weighted by atomic mass is 10.1. The van der Waals surface area contributed by atoms with Gasteiger partial charge in [-0.3, -0.25) is 9.59 Å². The minimum Gasteiger partial charge on any atom is -0.324 e. The molecule has 4 aromatic heterocycles. The Balaban J connectivity index is 1.45. The zero-order valence-corrected chi connectivity index (χ0v) is 18.0. The third-order valence-corrected chi connectivity index (χ3v) is 6.06. The van der Waals surface area contributed by atoms with Crippen molar-refractivity contribution >= 4 is 28.6 Å². The van der Waals surface area contributed by atoms with Gasteiger partial charge in [-0.2, -0.15) is 5.10 Å². The van der Waals surface area contributed by atoms with Crippen molar-refractivity contribution < 1.29 is 4.79 Å². The maximum atomic E-state index is 13.1. The Morgan fingerprint density at radius 3 is 2.66 bits per heavy atom. The fourth-order valence-electron chi connectivity index (χ4n) is 3.49. The van der Waals surface area contributed by atoms with E-state index in [1.54, 1.807) is 13.0 Å². The summed E-state index contributed by atoms with van der Waals surface area (Å²) >= 11 is 1.53. The van der Waals surface area contributed by atoms with Gasteiger partial charge in [-0.05, 0) is 42.6 Å². The summed E-state index contributed by atoms with van der Waals surface area (Å²) in [6.07, 6.45) is 3.84. The first-order chi connectivity index (χ1) is 15.6. The molecular formula is C24H19N5O2S. The Kier molecular flexibility index (Phi) is 5.12. The lowest BCUT2D eigenvalue weighted by molar-refractivity contribution is -0.119. The van der Waals surface area contributed by atoms with Crippen molar-refractivity contribution in [2.24, 2.45) is 0 Å². The molecule has 0 bridgehead atoms. The molecule has 0 fully saturated rings. The molecule has 7 nitrogen and oxygen atoms in total. The Morgan fingerprint density at radius 1 is 1.00 bits per heavy atom. The van der Waals surface area contributed by atoms with Crippen LogP contribution in [0.15, 0.2) is 89.3 Å². The van der Waals surface area contributed by atoms with Crippen LogP contribution in [0.25, 0.3) is 27.5 Å². The van der Waals surface area contributed by atoms with Crippen LogP contribution < -0.4 is 10.9 Å². The quantitative estimate of drug-likeness (QED) is 0.436. The number of amides is 1. The molecule has 4 heterocycles. The van der Waals surface area contributed by atoms with Gasteiger partial charge in [0.2, 0.25) is 5.91 Å². The molecule has 0 aliphatic carbocycles. The van der Waals surface area contributed by atoms with Gasteiger partial charge < -0.3 is 9.72 Å². The van der Waals surface area contributed by atoms with Crippen LogP contribution in [0.5, 0.6) is 0 Å². The second kappa shape index (κ2) is 8.24. The Bertz CT molecular complexity index is 1440. The van der Waals surface area contributed by atoms with E-state index in [-0.39, 0.29) is 11.5 Å². The SMILES string of the molecule is CC(C(=O)Nc1ccccc1-c1cn2ccccc2n1)n1nc(-c2cccs2)ccc1=O. The van der Waals surface area contributed by atoms with E-state index >= 15 is 0 Å². The van der Waals surface area contributed by atoms with Crippen molar-refractivity contribution in [3.63, 3.8) is 0 Å². The number of hydrogen-bond acceptors (Lipinski definition) is 5. The number of carbonyl (C=O) groups is 1. The highest BCUT2D eigenvalue weighted by Crippen LogP contribution is 2.28. The highest BCUT2D eigenvalue weighted by molar-refractivity contribution is 7.13. The summed E-state index contributed by atoms with van der Waals surface area (Å²) < 4.78 is 3.15. The van der Waals surface area contributed by atoms with Gasteiger partial charge in [0.05, 0.1) is 16.3 Å². The van der Waals surface area contributed by atoms with E-state index in [2.05, 4.69) is 15.4 Å². The molecule has 0 spiro atoms. The van der Waals surface area contributed by atoms with Crippen molar-refractivity contribution in [1.29, 1.82) is 0 Å². The van der Waals surface area contributed by atoms with Gasteiger partial charge in [0, 0.05) is 24.0 Å². The van der Waals surface area contributed by atoms with Gasteiger partial charge in [-0.25, -0.2) is 9.67 Å². The number of imidazole rings is 1. The van der Waals surface area contributed by atoms with Gasteiger partial charge in [0.25, 0.3) is 5.56 Å². The highest BCUT2D eigenvalue weighted by Gasteiger charge is 2.20. The molecule has 5 rings (SSSR count). The molecule has 0 aliphatic heterocycles. The molecule has 1 amide bonds. The van der Waals surface area contributed by atoms with Crippen LogP contribution in [0.1, 0.15) is 13.0 Å². The summed E-state index contributed by atoms with van der Waals surface area (Å²) in [4.78, 5) is 31.1. The van der Waals surface area contributed by atoms with Gasteiger partial charge in [-0.15, -0.1) is 11.3 Å². The number of fused-ring (bicyclic) bond motifs is 1. The Hall–Kier alpha value is -4.04. The number of hydrogen-bond donors (Lipinski definition) is 1. The molecule has 32 heavy (non-hydrogen) atoms. The number of anilines is 1. The number of rotatable bonds is 5. The molecule has 0 aliphatic rings. The van der Waals surface area contributed by atoms with Gasteiger partial charge in [0.15, 0.2) is 0 Å². The monoisotopic (exact) mass is 441 g/mol. The van der Waals surface area contributed by atoms with Gasteiger partial charge in [0.1, 0.15) is 17.4 Å². The molecular weight excluding hydrogens is 422 g/mol. The second-order valence-corrected chi connectivity index (χ2v) is 8.23. The second-order valence-electron chi connectivity index (χ2n) is 7.28. The van der Waals surface area contributed by atoms with Crippen molar-refractivity contribution in [1.82, 2.24) is 19.2 Å². The van der Waals surface area contributed by atoms with E-state index in [4.69, 9.17) is 0 Å². The summed E-state index contributed by atoms with van der Waals surface area (Å²) in [5.74, 6) is -0.334. The van der Waals surface area contributed by atoms with E-state index in [1.165, 1.54) is 22.1 Å². The molecule has 5 aromatic rings. The zero-order chi connectivity index (χ0) is 22.1. The van der Waals surface area contributed by atoms with E-state index in [1.807, 2.05) is 76.8 Å². The summed E-state index contributed by atoms with van der Waals surface area (Å²) in [5.41, 5.74) is 3.30. The number of pyridine rings is 1. The lowest BCUT2D eigenvalue weighted by Gasteiger charge is -2.16. The summed E-state index contributed by atoms with van der Waals surface area (Å²) in [7, 11) is 0. The molecule has 1 aromatic carbocycles. The van der Waals surface area contributed by atoms with Crippen LogP contribution in [-0.2, 0) is 4.79 Å². The van der Waals surface area contributed by atoms with Crippen LogP contribution in [-0.4, -0.2) is 25.1 Å². The fraction of sp³-hybridized carbons (Fsp3) is 0.0833. The van der Waals surface area contributed by atoms with Crippen LogP contribution in [0.4, 0.5) is 5.69 Å². The summed E-state index contributed by atoms with van der Waals surface area (Å²) in [5, 5.41) is 9.32. The average molecular weight is 442 g/mol. The number of para-hydroxylation sites is 1. The lowest BCUT2D eigenvalue weighted by Crippen LogP contribution is -2.33. The van der Waals surface area contributed by atoms with E-state index < -0.39 is 6.04 Å². The smallest absolute Gasteiger partial charge is 0.267 e. The zero-order valence-electron chi connectivity index (χ0n) is 17.2. The van der Waals surface area contributed by atoms with Crippen molar-refractivity contribution in [2.45, 2.75) is 13.0 Å². The molecule has 1 N–H and O–H groups in total. The number of benzene rings is 1. The Labute approximate surface area is 187 Å². The van der Waals surface area contributed by atoms with Crippen LogP contribution >= 0.6 is 11.3 Å². The van der Waals surface area contributed by atoms with Crippen molar-refractivity contribution in [2.75, 3.05) is 5.32 Å². The topological polar surface area (TPSA) is 81.3 Å². The van der Waals surface area contributed by atoms with Crippen molar-refractivity contribution in [3.05, 3.63) is 94.9 Å². The maximum Gasteiger partial charge on any atom is 0.267 e. The largest absolute Gasteiger partial charge is 0.324 e. The molecule has 8 heteroatoms. The van der Waals surface area contributed by atoms with E-state index in [0.29, 0.717) is 11.4 Å². The molecule has 158 valence electrons. The molecule has 1 unspecified atom stereocenters. The first-order valence-electron chi connectivity index (χ1n) is 10.1. The first-order valence-corrected chi connectivity index (χ1v) is 11.0. The maximum absolute atomic E-state index is 13.1. The number of thiophene rings is 1. The minimum absolute atomic E-state index is 0.332. The fourth-order valence-corrected chi connectivity index (χ4v) is 4.18.